The first kappa shape index (κ1) is 14.0. The Kier molecular flexibility index (Phi) is 7.06. The number of hydrogen-bond donors (Lipinski definition) is 1. The highest BCUT2D eigenvalue weighted by Gasteiger charge is 2.17. The standard InChI is InChI=1S/C14H30N2/c1-4-6-13-7-5-8-14(10-9-13)15-11-12-16(2)3/h13-15H,4-12H2,1-3H3. The molecule has 0 aromatic rings. The molecule has 1 saturated carbocycles. The summed E-state index contributed by atoms with van der Waals surface area (Å²) in [5.41, 5.74) is 0. The molecule has 0 aliphatic heterocycles. The van der Waals surface area contributed by atoms with Crippen LogP contribution in [0.2, 0.25) is 0 Å². The van der Waals surface area contributed by atoms with Crippen molar-refractivity contribution in [3.05, 3.63) is 0 Å². The lowest BCUT2D eigenvalue weighted by molar-refractivity contribution is 0.367. The lowest BCUT2D eigenvalue weighted by Gasteiger charge is -2.18. The molecule has 2 heteroatoms. The number of nitrogens with one attached hydrogen (secondary N) is 1. The van der Waals surface area contributed by atoms with Crippen LogP contribution in [0.15, 0.2) is 0 Å². The summed E-state index contributed by atoms with van der Waals surface area (Å²) in [6.45, 7) is 4.63. The van der Waals surface area contributed by atoms with E-state index in [1.165, 1.54) is 44.9 Å². The first-order valence-corrected chi connectivity index (χ1v) is 7.10. The Morgan fingerprint density at radius 3 is 2.62 bits per heavy atom. The van der Waals surface area contributed by atoms with Crippen molar-refractivity contribution in [1.82, 2.24) is 10.2 Å². The molecule has 1 fully saturated rings. The molecule has 0 saturated heterocycles. The summed E-state index contributed by atoms with van der Waals surface area (Å²) in [6.07, 6.45) is 9.97. The molecule has 0 aromatic heterocycles. The Hall–Kier alpha value is -0.0800. The second-order valence-electron chi connectivity index (χ2n) is 5.62. The summed E-state index contributed by atoms with van der Waals surface area (Å²) >= 11 is 0. The van der Waals surface area contributed by atoms with Crippen molar-refractivity contribution in [2.24, 2.45) is 5.92 Å². The van der Waals surface area contributed by atoms with Gasteiger partial charge in [0.25, 0.3) is 0 Å². The van der Waals surface area contributed by atoms with Crippen LogP contribution in [0.5, 0.6) is 0 Å². The van der Waals surface area contributed by atoms with Crippen LogP contribution in [0.1, 0.15) is 51.9 Å². The maximum absolute atomic E-state index is 3.71. The van der Waals surface area contributed by atoms with E-state index in [0.717, 1.165) is 25.0 Å². The molecule has 1 rings (SSSR count). The lowest BCUT2D eigenvalue weighted by Crippen LogP contribution is -2.34. The zero-order valence-corrected chi connectivity index (χ0v) is 11.5. The monoisotopic (exact) mass is 226 g/mol. The predicted octanol–water partition coefficient (Wildman–Crippen LogP) is 2.89. The zero-order valence-electron chi connectivity index (χ0n) is 11.5. The zero-order chi connectivity index (χ0) is 11.8. The summed E-state index contributed by atoms with van der Waals surface area (Å²) in [4.78, 5) is 2.25. The number of likely N-dealkylation sites (N-methyl/N-ethyl adjacent to an activating group) is 1. The molecular formula is C14H30N2. The molecule has 0 spiro atoms. The molecule has 1 aliphatic carbocycles. The van der Waals surface area contributed by atoms with Gasteiger partial charge in [0.2, 0.25) is 0 Å². The van der Waals surface area contributed by atoms with Crippen molar-refractivity contribution in [2.45, 2.75) is 57.9 Å². The molecule has 1 N–H and O–H groups in total. The Balaban J connectivity index is 2.14. The smallest absolute Gasteiger partial charge is 0.0101 e. The fourth-order valence-corrected chi connectivity index (χ4v) is 2.77. The third-order valence-electron chi connectivity index (χ3n) is 3.78. The summed E-state index contributed by atoms with van der Waals surface area (Å²) in [5, 5.41) is 3.71. The summed E-state index contributed by atoms with van der Waals surface area (Å²) < 4.78 is 0. The minimum atomic E-state index is 0.793. The van der Waals surface area contributed by atoms with Gasteiger partial charge in [-0.2, -0.15) is 0 Å². The fourth-order valence-electron chi connectivity index (χ4n) is 2.77. The Labute approximate surface area is 102 Å². The van der Waals surface area contributed by atoms with Crippen molar-refractivity contribution >= 4 is 0 Å². The van der Waals surface area contributed by atoms with Crippen molar-refractivity contribution in [1.29, 1.82) is 0 Å². The third kappa shape index (κ3) is 5.86. The molecule has 2 nitrogen and oxygen atoms in total. The molecule has 1 aliphatic rings. The molecule has 2 atom stereocenters. The van der Waals surface area contributed by atoms with Crippen molar-refractivity contribution in [2.75, 3.05) is 27.2 Å². The van der Waals surface area contributed by atoms with Crippen LogP contribution in [0, 0.1) is 5.92 Å². The minimum absolute atomic E-state index is 0.793. The summed E-state index contributed by atoms with van der Waals surface area (Å²) in [5.74, 6) is 1.02. The largest absolute Gasteiger partial charge is 0.313 e. The highest BCUT2D eigenvalue weighted by molar-refractivity contribution is 4.75. The van der Waals surface area contributed by atoms with Crippen LogP contribution in [0.25, 0.3) is 0 Å². The van der Waals surface area contributed by atoms with E-state index < -0.39 is 0 Å². The molecule has 2 unspecified atom stereocenters. The molecule has 0 radical (unpaired) electrons. The fraction of sp³-hybridized carbons (Fsp3) is 1.00. The van der Waals surface area contributed by atoms with Gasteiger partial charge in [-0.15, -0.1) is 0 Å². The van der Waals surface area contributed by atoms with Gasteiger partial charge in [-0.25, -0.2) is 0 Å². The van der Waals surface area contributed by atoms with Crippen LogP contribution >= 0.6 is 0 Å². The SMILES string of the molecule is CCCC1CCCC(NCCN(C)C)CC1. The maximum atomic E-state index is 3.71. The Morgan fingerprint density at radius 2 is 1.94 bits per heavy atom. The van der Waals surface area contributed by atoms with E-state index in [1.807, 2.05) is 0 Å². The highest BCUT2D eigenvalue weighted by Crippen LogP contribution is 2.26. The highest BCUT2D eigenvalue weighted by atomic mass is 15.1. The molecule has 0 bridgehead atoms. The van der Waals surface area contributed by atoms with E-state index >= 15 is 0 Å². The molecule has 96 valence electrons. The minimum Gasteiger partial charge on any atom is -0.313 e. The predicted molar refractivity (Wildman–Crippen MR) is 71.8 cm³/mol. The second-order valence-corrected chi connectivity index (χ2v) is 5.62. The number of hydrogen-bond acceptors (Lipinski definition) is 2. The van der Waals surface area contributed by atoms with E-state index in [-0.39, 0.29) is 0 Å². The van der Waals surface area contributed by atoms with Crippen molar-refractivity contribution < 1.29 is 0 Å². The topological polar surface area (TPSA) is 15.3 Å². The molecule has 16 heavy (non-hydrogen) atoms. The normalized spacial score (nSPS) is 27.0. The first-order valence-electron chi connectivity index (χ1n) is 7.10. The van der Waals surface area contributed by atoms with Crippen LogP contribution in [0.3, 0.4) is 0 Å². The summed E-state index contributed by atoms with van der Waals surface area (Å²) in [6, 6.07) is 0.793. The van der Waals surface area contributed by atoms with Crippen LogP contribution in [-0.4, -0.2) is 38.1 Å². The number of rotatable bonds is 6. The first-order chi connectivity index (χ1) is 7.72. The van der Waals surface area contributed by atoms with Crippen molar-refractivity contribution in [3.63, 3.8) is 0 Å². The van der Waals surface area contributed by atoms with E-state index in [9.17, 15) is 0 Å². The molecule has 0 aromatic carbocycles. The Morgan fingerprint density at radius 1 is 1.12 bits per heavy atom. The average Bonchev–Trinajstić information content (AvgIpc) is 2.44. The van der Waals surface area contributed by atoms with E-state index in [0.29, 0.717) is 0 Å². The van der Waals surface area contributed by atoms with Crippen LogP contribution in [0.4, 0.5) is 0 Å². The van der Waals surface area contributed by atoms with Gasteiger partial charge in [-0.05, 0) is 39.3 Å². The second kappa shape index (κ2) is 8.08. The van der Waals surface area contributed by atoms with E-state index in [1.54, 1.807) is 0 Å². The van der Waals surface area contributed by atoms with Gasteiger partial charge in [0.05, 0.1) is 0 Å². The Bertz CT molecular complexity index is 168. The van der Waals surface area contributed by atoms with Gasteiger partial charge in [0, 0.05) is 19.1 Å². The van der Waals surface area contributed by atoms with E-state index in [2.05, 4.69) is 31.2 Å². The third-order valence-corrected chi connectivity index (χ3v) is 3.78. The van der Waals surface area contributed by atoms with Gasteiger partial charge in [0.1, 0.15) is 0 Å². The van der Waals surface area contributed by atoms with Crippen LogP contribution < -0.4 is 5.32 Å². The van der Waals surface area contributed by atoms with E-state index in [4.69, 9.17) is 0 Å². The van der Waals surface area contributed by atoms with Gasteiger partial charge >= 0.3 is 0 Å². The van der Waals surface area contributed by atoms with Gasteiger partial charge < -0.3 is 10.2 Å². The summed E-state index contributed by atoms with van der Waals surface area (Å²) in [7, 11) is 4.29. The van der Waals surface area contributed by atoms with Gasteiger partial charge in [-0.1, -0.05) is 32.6 Å². The van der Waals surface area contributed by atoms with Crippen molar-refractivity contribution in [3.8, 4) is 0 Å². The molecule has 0 amide bonds. The van der Waals surface area contributed by atoms with Gasteiger partial charge in [-0.3, -0.25) is 0 Å². The van der Waals surface area contributed by atoms with Crippen LogP contribution in [-0.2, 0) is 0 Å². The lowest BCUT2D eigenvalue weighted by atomic mass is 9.95. The molecule has 0 heterocycles. The number of nitrogens with zero attached hydrogens (tertiary/aromatic N) is 1. The molecular weight excluding hydrogens is 196 g/mol. The maximum Gasteiger partial charge on any atom is 0.0101 e. The average molecular weight is 226 g/mol. The quantitative estimate of drug-likeness (QED) is 0.701. The van der Waals surface area contributed by atoms with Gasteiger partial charge in [0.15, 0.2) is 0 Å².